The Balaban J connectivity index is 1.77. The van der Waals surface area contributed by atoms with E-state index in [9.17, 15) is 4.79 Å². The number of para-hydroxylation sites is 1. The number of ether oxygens (including phenoxy) is 1. The molecule has 3 rings (SSSR count). The van der Waals surface area contributed by atoms with E-state index in [0.717, 1.165) is 23.3 Å². The third kappa shape index (κ3) is 2.98. The van der Waals surface area contributed by atoms with Crippen LogP contribution >= 0.6 is 0 Å². The number of amides is 1. The van der Waals surface area contributed by atoms with Gasteiger partial charge >= 0.3 is 0 Å². The number of hydrogen-bond acceptors (Lipinski definition) is 2. The Hall–Kier alpha value is -2.29. The fraction of sp³-hybridized carbons (Fsp3) is 0.316. The third-order valence-corrected chi connectivity index (χ3v) is 4.23. The highest BCUT2D eigenvalue weighted by atomic mass is 16.5. The zero-order valence-electron chi connectivity index (χ0n) is 13.1. The molecule has 1 aliphatic heterocycles. The van der Waals surface area contributed by atoms with E-state index in [-0.39, 0.29) is 11.9 Å². The maximum Gasteiger partial charge on any atom is 0.227 e. The molecule has 2 aromatic rings. The predicted molar refractivity (Wildman–Crippen MR) is 86.9 cm³/mol. The number of carbonyl (C=O) groups excluding carboxylic acids is 1. The first-order valence-electron chi connectivity index (χ1n) is 7.68. The molecule has 0 saturated carbocycles. The number of fused-ring (bicyclic) bond motifs is 1. The lowest BCUT2D eigenvalue weighted by molar-refractivity contribution is -0.131. The zero-order chi connectivity index (χ0) is 15.5. The van der Waals surface area contributed by atoms with Gasteiger partial charge in [-0.1, -0.05) is 48.0 Å². The van der Waals surface area contributed by atoms with Crippen molar-refractivity contribution in [1.82, 2.24) is 4.90 Å². The lowest BCUT2D eigenvalue weighted by atomic mass is 9.98. The van der Waals surface area contributed by atoms with Crippen molar-refractivity contribution in [1.29, 1.82) is 0 Å². The number of nitrogens with zero attached hydrogens (tertiary/aromatic N) is 1. The molecule has 0 fully saturated rings. The van der Waals surface area contributed by atoms with E-state index >= 15 is 0 Å². The summed E-state index contributed by atoms with van der Waals surface area (Å²) >= 11 is 0. The normalized spacial score (nSPS) is 16.5. The van der Waals surface area contributed by atoms with Crippen LogP contribution in [0.4, 0.5) is 0 Å². The highest BCUT2D eigenvalue weighted by molar-refractivity contribution is 5.79. The SMILES string of the molecule is Cc1cccc(CC(=O)N(C)C2CCOc3ccccc32)c1. The fourth-order valence-corrected chi connectivity index (χ4v) is 3.02. The number of carbonyl (C=O) groups is 1. The number of likely N-dealkylation sites (N-methyl/N-ethyl adjacent to an activating group) is 1. The van der Waals surface area contributed by atoms with Crippen molar-refractivity contribution in [3.8, 4) is 5.75 Å². The minimum absolute atomic E-state index is 0.0993. The first kappa shape index (κ1) is 14.6. The second-order valence-corrected chi connectivity index (χ2v) is 5.86. The molecule has 1 heterocycles. The number of hydrogen-bond donors (Lipinski definition) is 0. The fourth-order valence-electron chi connectivity index (χ4n) is 3.02. The Labute approximate surface area is 131 Å². The first-order valence-corrected chi connectivity index (χ1v) is 7.68. The Morgan fingerprint density at radius 1 is 1.23 bits per heavy atom. The molecule has 0 spiro atoms. The van der Waals surface area contributed by atoms with Crippen LogP contribution in [0.3, 0.4) is 0 Å². The van der Waals surface area contributed by atoms with Gasteiger partial charge in [0, 0.05) is 19.0 Å². The molecule has 3 heteroatoms. The van der Waals surface area contributed by atoms with Crippen molar-refractivity contribution in [3.05, 3.63) is 65.2 Å². The summed E-state index contributed by atoms with van der Waals surface area (Å²) in [5.41, 5.74) is 3.36. The van der Waals surface area contributed by atoms with Gasteiger partial charge in [-0.3, -0.25) is 4.79 Å². The van der Waals surface area contributed by atoms with Crippen molar-refractivity contribution < 1.29 is 9.53 Å². The average molecular weight is 295 g/mol. The van der Waals surface area contributed by atoms with Crippen LogP contribution in [0.5, 0.6) is 5.75 Å². The molecule has 1 unspecified atom stereocenters. The molecule has 0 radical (unpaired) electrons. The molecular weight excluding hydrogens is 274 g/mol. The number of rotatable bonds is 3. The topological polar surface area (TPSA) is 29.5 Å². The molecule has 22 heavy (non-hydrogen) atoms. The van der Waals surface area contributed by atoms with Crippen molar-refractivity contribution in [2.45, 2.75) is 25.8 Å². The Morgan fingerprint density at radius 3 is 2.86 bits per heavy atom. The van der Waals surface area contributed by atoms with Gasteiger partial charge in [-0.05, 0) is 18.6 Å². The summed E-state index contributed by atoms with van der Waals surface area (Å²) in [5.74, 6) is 1.04. The Morgan fingerprint density at radius 2 is 2.05 bits per heavy atom. The predicted octanol–water partition coefficient (Wildman–Crippen LogP) is 3.52. The van der Waals surface area contributed by atoms with Crippen LogP contribution in [0.25, 0.3) is 0 Å². The maximum atomic E-state index is 12.6. The highest BCUT2D eigenvalue weighted by Gasteiger charge is 2.27. The van der Waals surface area contributed by atoms with Gasteiger partial charge in [0.05, 0.1) is 19.1 Å². The summed E-state index contributed by atoms with van der Waals surface area (Å²) in [4.78, 5) is 14.5. The molecule has 0 aromatic heterocycles. The molecule has 1 atom stereocenters. The minimum atomic E-state index is 0.0993. The van der Waals surface area contributed by atoms with Crippen LogP contribution in [-0.2, 0) is 11.2 Å². The second kappa shape index (κ2) is 6.22. The quantitative estimate of drug-likeness (QED) is 0.867. The summed E-state index contributed by atoms with van der Waals surface area (Å²) in [5, 5.41) is 0. The summed E-state index contributed by atoms with van der Waals surface area (Å²) in [6, 6.07) is 16.2. The monoisotopic (exact) mass is 295 g/mol. The molecule has 2 aromatic carbocycles. The zero-order valence-corrected chi connectivity index (χ0v) is 13.1. The van der Waals surface area contributed by atoms with Crippen molar-refractivity contribution >= 4 is 5.91 Å². The van der Waals surface area contributed by atoms with Crippen molar-refractivity contribution in [2.75, 3.05) is 13.7 Å². The van der Waals surface area contributed by atoms with E-state index in [4.69, 9.17) is 4.74 Å². The van der Waals surface area contributed by atoms with Crippen molar-refractivity contribution in [2.24, 2.45) is 0 Å². The maximum absolute atomic E-state index is 12.6. The van der Waals surface area contributed by atoms with Crippen LogP contribution in [-0.4, -0.2) is 24.5 Å². The van der Waals surface area contributed by atoms with Gasteiger partial charge in [-0.2, -0.15) is 0 Å². The molecular formula is C19H21NO2. The summed E-state index contributed by atoms with van der Waals surface area (Å²) in [6.07, 6.45) is 1.28. The van der Waals surface area contributed by atoms with Crippen LogP contribution in [0, 0.1) is 6.92 Å². The molecule has 1 amide bonds. The molecule has 114 valence electrons. The van der Waals surface area contributed by atoms with Gasteiger partial charge in [0.2, 0.25) is 5.91 Å². The summed E-state index contributed by atoms with van der Waals surface area (Å²) in [6.45, 7) is 2.70. The van der Waals surface area contributed by atoms with Crippen molar-refractivity contribution in [3.63, 3.8) is 0 Å². The molecule has 0 N–H and O–H groups in total. The molecule has 0 aliphatic carbocycles. The largest absolute Gasteiger partial charge is 0.493 e. The van der Waals surface area contributed by atoms with Gasteiger partial charge in [0.1, 0.15) is 5.75 Å². The Bertz CT molecular complexity index is 681. The lowest BCUT2D eigenvalue weighted by Crippen LogP contribution is -2.35. The number of benzene rings is 2. The molecule has 3 nitrogen and oxygen atoms in total. The van der Waals surface area contributed by atoms with E-state index in [0.29, 0.717) is 13.0 Å². The van der Waals surface area contributed by atoms with Gasteiger partial charge in [-0.25, -0.2) is 0 Å². The van der Waals surface area contributed by atoms with Crippen LogP contribution in [0.2, 0.25) is 0 Å². The molecule has 1 aliphatic rings. The standard InChI is InChI=1S/C19H21NO2/c1-14-6-5-7-15(12-14)13-19(21)20(2)17-10-11-22-18-9-4-3-8-16(17)18/h3-9,12,17H,10-11,13H2,1-2H3. The van der Waals surface area contributed by atoms with Crippen LogP contribution in [0.15, 0.2) is 48.5 Å². The minimum Gasteiger partial charge on any atom is -0.493 e. The van der Waals surface area contributed by atoms with Gasteiger partial charge in [-0.15, -0.1) is 0 Å². The van der Waals surface area contributed by atoms with E-state index < -0.39 is 0 Å². The summed E-state index contributed by atoms with van der Waals surface area (Å²) < 4.78 is 5.68. The van der Waals surface area contributed by atoms with Crippen LogP contribution < -0.4 is 4.74 Å². The van der Waals surface area contributed by atoms with Gasteiger partial charge in [0.15, 0.2) is 0 Å². The molecule has 0 saturated heterocycles. The average Bonchev–Trinajstić information content (AvgIpc) is 2.53. The van der Waals surface area contributed by atoms with Gasteiger partial charge < -0.3 is 9.64 Å². The van der Waals surface area contributed by atoms with Gasteiger partial charge in [0.25, 0.3) is 0 Å². The Kier molecular flexibility index (Phi) is 4.14. The third-order valence-electron chi connectivity index (χ3n) is 4.23. The van der Waals surface area contributed by atoms with Crippen LogP contribution in [0.1, 0.15) is 29.2 Å². The van der Waals surface area contributed by atoms with E-state index in [1.54, 1.807) is 0 Å². The van der Waals surface area contributed by atoms with E-state index in [1.807, 2.05) is 55.3 Å². The van der Waals surface area contributed by atoms with E-state index in [2.05, 4.69) is 12.1 Å². The highest BCUT2D eigenvalue weighted by Crippen LogP contribution is 2.35. The lowest BCUT2D eigenvalue weighted by Gasteiger charge is -2.33. The number of aryl methyl sites for hydroxylation is 1. The smallest absolute Gasteiger partial charge is 0.227 e. The van der Waals surface area contributed by atoms with E-state index in [1.165, 1.54) is 5.56 Å². The summed E-state index contributed by atoms with van der Waals surface area (Å²) in [7, 11) is 1.89. The second-order valence-electron chi connectivity index (χ2n) is 5.86. The first-order chi connectivity index (χ1) is 10.6. The molecule has 0 bridgehead atoms.